The molecule has 3 heteroatoms. The highest BCUT2D eigenvalue weighted by Crippen LogP contribution is 2.42. The molecule has 1 aromatic rings. The van der Waals surface area contributed by atoms with Crippen LogP contribution in [0.15, 0.2) is 18.2 Å². The molecule has 0 nitrogen and oxygen atoms in total. The molecule has 0 amide bonds. The zero-order valence-electron chi connectivity index (χ0n) is 13.1. The van der Waals surface area contributed by atoms with Crippen molar-refractivity contribution in [3.8, 4) is 0 Å². The van der Waals surface area contributed by atoms with Crippen LogP contribution in [0.3, 0.4) is 0 Å². The first-order valence-corrected chi connectivity index (χ1v) is 9.04. The van der Waals surface area contributed by atoms with Crippen LogP contribution in [0.4, 0.5) is 0 Å². The first-order valence-electron chi connectivity index (χ1n) is 7.85. The third kappa shape index (κ3) is 4.78. The molecule has 1 aliphatic carbocycles. The number of alkyl halides is 1. The van der Waals surface area contributed by atoms with Gasteiger partial charge in [-0.15, -0.1) is 11.6 Å². The van der Waals surface area contributed by atoms with Gasteiger partial charge in [0.2, 0.25) is 0 Å². The molecular formula is C18H25Cl3. The van der Waals surface area contributed by atoms with Crippen molar-refractivity contribution in [3.05, 3.63) is 33.8 Å². The number of halogens is 3. The molecule has 0 N–H and O–H groups in total. The van der Waals surface area contributed by atoms with E-state index < -0.39 is 0 Å². The Morgan fingerprint density at radius 3 is 2.19 bits per heavy atom. The topological polar surface area (TPSA) is 0 Å². The lowest BCUT2D eigenvalue weighted by Gasteiger charge is -2.38. The summed E-state index contributed by atoms with van der Waals surface area (Å²) < 4.78 is 0. The lowest BCUT2D eigenvalue weighted by Crippen LogP contribution is -2.29. The molecule has 0 aromatic heterocycles. The summed E-state index contributed by atoms with van der Waals surface area (Å²) in [6.07, 6.45) is 5.98. The predicted molar refractivity (Wildman–Crippen MR) is 94.7 cm³/mol. The summed E-state index contributed by atoms with van der Waals surface area (Å²) in [7, 11) is 0. The van der Waals surface area contributed by atoms with Crippen LogP contribution in [0, 0.1) is 17.3 Å². The molecule has 0 aliphatic heterocycles. The van der Waals surface area contributed by atoms with E-state index in [1.54, 1.807) is 0 Å². The van der Waals surface area contributed by atoms with E-state index in [1.807, 2.05) is 18.2 Å². The highest BCUT2D eigenvalue weighted by atomic mass is 35.5. The van der Waals surface area contributed by atoms with E-state index in [2.05, 4.69) is 20.8 Å². The third-order valence-electron chi connectivity index (χ3n) is 4.92. The van der Waals surface area contributed by atoms with Gasteiger partial charge in [0.05, 0.1) is 10.0 Å². The van der Waals surface area contributed by atoms with Gasteiger partial charge in [-0.2, -0.15) is 0 Å². The predicted octanol–water partition coefficient (Wildman–Crippen LogP) is 7.00. The normalized spacial score (nSPS) is 24.9. The number of benzene rings is 1. The number of hydrogen-bond donors (Lipinski definition) is 0. The molecule has 1 aliphatic rings. The number of hydrogen-bond acceptors (Lipinski definition) is 0. The minimum Gasteiger partial charge on any atom is -0.122 e. The largest absolute Gasteiger partial charge is 0.122 e. The molecule has 1 aromatic carbocycles. The van der Waals surface area contributed by atoms with E-state index >= 15 is 0 Å². The summed E-state index contributed by atoms with van der Waals surface area (Å²) in [5, 5.41) is 1.43. The van der Waals surface area contributed by atoms with Crippen molar-refractivity contribution in [3.63, 3.8) is 0 Å². The van der Waals surface area contributed by atoms with Gasteiger partial charge in [-0.25, -0.2) is 0 Å². The summed E-state index contributed by atoms with van der Waals surface area (Å²) in [4.78, 5) is 0. The molecule has 0 heterocycles. The van der Waals surface area contributed by atoms with E-state index in [0.717, 1.165) is 12.3 Å². The highest BCUT2D eigenvalue weighted by Gasteiger charge is 2.32. The molecule has 0 bridgehead atoms. The van der Waals surface area contributed by atoms with Gasteiger partial charge in [0, 0.05) is 5.38 Å². The van der Waals surface area contributed by atoms with Crippen molar-refractivity contribution in [1.29, 1.82) is 0 Å². The molecule has 1 saturated carbocycles. The summed E-state index contributed by atoms with van der Waals surface area (Å²) in [6, 6.07) is 5.84. The highest BCUT2D eigenvalue weighted by molar-refractivity contribution is 6.42. The Balaban J connectivity index is 1.90. The van der Waals surface area contributed by atoms with Gasteiger partial charge in [0.1, 0.15) is 0 Å². The maximum Gasteiger partial charge on any atom is 0.0595 e. The number of rotatable bonds is 3. The molecule has 0 radical (unpaired) electrons. The Morgan fingerprint density at radius 2 is 1.67 bits per heavy atom. The van der Waals surface area contributed by atoms with Crippen molar-refractivity contribution in [2.45, 2.75) is 58.3 Å². The fraction of sp³-hybridized carbons (Fsp3) is 0.667. The van der Waals surface area contributed by atoms with E-state index in [4.69, 9.17) is 34.8 Å². The fourth-order valence-electron chi connectivity index (χ4n) is 3.41. The molecule has 118 valence electrons. The second-order valence-corrected chi connectivity index (χ2v) is 8.82. The lowest BCUT2D eigenvalue weighted by molar-refractivity contribution is 0.148. The van der Waals surface area contributed by atoms with Crippen LogP contribution < -0.4 is 0 Å². The van der Waals surface area contributed by atoms with Crippen molar-refractivity contribution >= 4 is 34.8 Å². The monoisotopic (exact) mass is 346 g/mol. The Morgan fingerprint density at radius 1 is 1.05 bits per heavy atom. The fourth-order valence-corrected chi connectivity index (χ4v) is 4.16. The molecule has 1 fully saturated rings. The van der Waals surface area contributed by atoms with Gasteiger partial charge in [-0.05, 0) is 67.1 Å². The third-order valence-corrected chi connectivity index (χ3v) is 6.17. The van der Waals surface area contributed by atoms with Crippen LogP contribution in [0.1, 0.15) is 52.0 Å². The minimum absolute atomic E-state index is 0.197. The Kier molecular flexibility index (Phi) is 5.91. The summed E-state index contributed by atoms with van der Waals surface area (Å²) in [5.41, 5.74) is 1.61. The molecule has 2 rings (SSSR count). The van der Waals surface area contributed by atoms with E-state index in [9.17, 15) is 0 Å². The summed E-state index contributed by atoms with van der Waals surface area (Å²) in [6.45, 7) is 7.06. The zero-order valence-corrected chi connectivity index (χ0v) is 15.4. The van der Waals surface area contributed by atoms with Crippen LogP contribution in [0.2, 0.25) is 10.0 Å². The summed E-state index contributed by atoms with van der Waals surface area (Å²) >= 11 is 18.7. The first-order chi connectivity index (χ1) is 9.77. The van der Waals surface area contributed by atoms with Crippen LogP contribution >= 0.6 is 34.8 Å². The van der Waals surface area contributed by atoms with Crippen molar-refractivity contribution in [1.82, 2.24) is 0 Å². The van der Waals surface area contributed by atoms with Gasteiger partial charge in [-0.1, -0.05) is 50.0 Å². The molecule has 21 heavy (non-hydrogen) atoms. The van der Waals surface area contributed by atoms with Gasteiger partial charge in [0.15, 0.2) is 0 Å². The van der Waals surface area contributed by atoms with E-state index in [-0.39, 0.29) is 5.38 Å². The first kappa shape index (κ1) is 17.4. The van der Waals surface area contributed by atoms with Gasteiger partial charge in [-0.3, -0.25) is 0 Å². The Hall–Kier alpha value is 0.0900. The zero-order chi connectivity index (χ0) is 15.6. The van der Waals surface area contributed by atoms with Gasteiger partial charge >= 0.3 is 0 Å². The minimum atomic E-state index is 0.197. The second-order valence-electron chi connectivity index (χ2n) is 7.45. The average Bonchev–Trinajstić information content (AvgIpc) is 2.42. The van der Waals surface area contributed by atoms with Crippen LogP contribution in [-0.4, -0.2) is 5.38 Å². The lowest BCUT2D eigenvalue weighted by atomic mass is 9.69. The molecular weight excluding hydrogens is 323 g/mol. The van der Waals surface area contributed by atoms with Gasteiger partial charge in [0.25, 0.3) is 0 Å². The van der Waals surface area contributed by atoms with Crippen molar-refractivity contribution in [2.24, 2.45) is 17.3 Å². The second kappa shape index (κ2) is 7.11. The van der Waals surface area contributed by atoms with Crippen LogP contribution in [-0.2, 0) is 6.42 Å². The quantitative estimate of drug-likeness (QED) is 0.516. The molecule has 1 atom stereocenters. The molecule has 1 unspecified atom stereocenters. The Labute approximate surface area is 144 Å². The smallest absolute Gasteiger partial charge is 0.0595 e. The van der Waals surface area contributed by atoms with Crippen molar-refractivity contribution in [2.75, 3.05) is 0 Å². The molecule has 0 spiro atoms. The maximum atomic E-state index is 6.67. The van der Waals surface area contributed by atoms with E-state index in [1.165, 1.54) is 31.2 Å². The van der Waals surface area contributed by atoms with E-state index in [0.29, 0.717) is 21.4 Å². The standard InChI is InChI=1S/C18H25Cl3/c1-18(2,3)14-7-5-13(6-8-14)16(20)10-12-4-9-15(19)17(21)11-12/h4,9,11,13-14,16H,5-8,10H2,1-3H3. The molecule has 0 saturated heterocycles. The van der Waals surface area contributed by atoms with Crippen LogP contribution in [0.25, 0.3) is 0 Å². The maximum absolute atomic E-state index is 6.67. The van der Waals surface area contributed by atoms with Crippen LogP contribution in [0.5, 0.6) is 0 Å². The van der Waals surface area contributed by atoms with Gasteiger partial charge < -0.3 is 0 Å². The average molecular weight is 348 g/mol. The summed E-state index contributed by atoms with van der Waals surface area (Å²) in [5.74, 6) is 1.46. The SMILES string of the molecule is CC(C)(C)C1CCC(C(Cl)Cc2ccc(Cl)c(Cl)c2)CC1. The van der Waals surface area contributed by atoms with Crippen molar-refractivity contribution < 1.29 is 0 Å². The Bertz CT molecular complexity index is 468.